The number of hydrogen-bond donors (Lipinski definition) is 1. The van der Waals surface area contributed by atoms with Crippen molar-refractivity contribution < 1.29 is 9.59 Å². The van der Waals surface area contributed by atoms with Gasteiger partial charge in [-0.3, -0.25) is 9.59 Å². The highest BCUT2D eigenvalue weighted by atomic mass is 16.2. The molecule has 4 nitrogen and oxygen atoms in total. The van der Waals surface area contributed by atoms with Crippen LogP contribution in [0.4, 0.5) is 0 Å². The SMILES string of the molecule is C[C@H](CC(=O)N(C)C1CCCCC1)NC(=O)c1ccccc1. The fourth-order valence-electron chi connectivity index (χ4n) is 3.03. The first-order valence-corrected chi connectivity index (χ1v) is 8.19. The summed E-state index contributed by atoms with van der Waals surface area (Å²) in [5, 5.41) is 2.90. The summed E-state index contributed by atoms with van der Waals surface area (Å²) in [5.74, 6) is -0.00557. The van der Waals surface area contributed by atoms with E-state index in [-0.39, 0.29) is 17.9 Å². The Kier molecular flexibility index (Phi) is 5.99. The van der Waals surface area contributed by atoms with Crippen LogP contribution in [0.15, 0.2) is 30.3 Å². The predicted octanol–water partition coefficient (Wildman–Crippen LogP) is 2.99. The van der Waals surface area contributed by atoms with Gasteiger partial charge < -0.3 is 10.2 Å². The van der Waals surface area contributed by atoms with Crippen LogP contribution in [-0.4, -0.2) is 35.8 Å². The molecule has 4 heteroatoms. The van der Waals surface area contributed by atoms with Crippen molar-refractivity contribution >= 4 is 11.8 Å². The van der Waals surface area contributed by atoms with E-state index in [1.165, 1.54) is 19.3 Å². The number of amides is 2. The maximum Gasteiger partial charge on any atom is 0.251 e. The summed E-state index contributed by atoms with van der Waals surface area (Å²) < 4.78 is 0. The van der Waals surface area contributed by atoms with Crippen LogP contribution in [-0.2, 0) is 4.79 Å². The molecule has 0 heterocycles. The Labute approximate surface area is 132 Å². The van der Waals surface area contributed by atoms with Gasteiger partial charge in [-0.2, -0.15) is 0 Å². The quantitative estimate of drug-likeness (QED) is 0.909. The molecule has 2 amide bonds. The average molecular weight is 302 g/mol. The van der Waals surface area contributed by atoms with Gasteiger partial charge in [-0.25, -0.2) is 0 Å². The van der Waals surface area contributed by atoms with Crippen molar-refractivity contribution in [3.05, 3.63) is 35.9 Å². The number of rotatable bonds is 5. The summed E-state index contributed by atoms with van der Waals surface area (Å²) >= 11 is 0. The van der Waals surface area contributed by atoms with E-state index in [1.807, 2.05) is 37.1 Å². The highest BCUT2D eigenvalue weighted by molar-refractivity contribution is 5.94. The van der Waals surface area contributed by atoms with Crippen LogP contribution in [0.1, 0.15) is 55.8 Å². The zero-order valence-corrected chi connectivity index (χ0v) is 13.5. The molecule has 1 fully saturated rings. The fourth-order valence-corrected chi connectivity index (χ4v) is 3.03. The molecule has 1 aliphatic carbocycles. The Morgan fingerprint density at radius 1 is 1.18 bits per heavy atom. The van der Waals surface area contributed by atoms with E-state index in [9.17, 15) is 9.59 Å². The third-order valence-corrected chi connectivity index (χ3v) is 4.41. The van der Waals surface area contributed by atoms with E-state index in [0.29, 0.717) is 18.0 Å². The second-order valence-corrected chi connectivity index (χ2v) is 6.24. The van der Waals surface area contributed by atoms with Gasteiger partial charge in [-0.15, -0.1) is 0 Å². The minimum Gasteiger partial charge on any atom is -0.349 e. The van der Waals surface area contributed by atoms with Gasteiger partial charge in [-0.05, 0) is 31.9 Å². The molecule has 0 bridgehead atoms. The molecule has 0 saturated heterocycles. The van der Waals surface area contributed by atoms with Gasteiger partial charge in [0.2, 0.25) is 5.91 Å². The van der Waals surface area contributed by atoms with Crippen molar-refractivity contribution in [2.24, 2.45) is 0 Å². The highest BCUT2D eigenvalue weighted by Gasteiger charge is 2.23. The van der Waals surface area contributed by atoms with Gasteiger partial charge in [0, 0.05) is 31.1 Å². The van der Waals surface area contributed by atoms with E-state index in [4.69, 9.17) is 0 Å². The minimum absolute atomic E-state index is 0.118. The van der Waals surface area contributed by atoms with Crippen molar-refractivity contribution in [2.45, 2.75) is 57.5 Å². The van der Waals surface area contributed by atoms with E-state index in [1.54, 1.807) is 12.1 Å². The average Bonchev–Trinajstić information content (AvgIpc) is 2.55. The van der Waals surface area contributed by atoms with Crippen molar-refractivity contribution in [2.75, 3.05) is 7.05 Å². The van der Waals surface area contributed by atoms with Gasteiger partial charge in [0.15, 0.2) is 0 Å². The van der Waals surface area contributed by atoms with Gasteiger partial charge in [-0.1, -0.05) is 37.5 Å². The summed E-state index contributed by atoms with van der Waals surface area (Å²) in [5.41, 5.74) is 0.627. The smallest absolute Gasteiger partial charge is 0.251 e. The Bertz CT molecular complexity index is 495. The molecule has 1 N–H and O–H groups in total. The molecule has 22 heavy (non-hydrogen) atoms. The number of nitrogens with one attached hydrogen (secondary N) is 1. The Balaban J connectivity index is 1.81. The van der Waals surface area contributed by atoms with Crippen molar-refractivity contribution in [3.63, 3.8) is 0 Å². The van der Waals surface area contributed by atoms with E-state index in [0.717, 1.165) is 12.8 Å². The Hall–Kier alpha value is -1.84. The second-order valence-electron chi connectivity index (χ2n) is 6.24. The molecule has 0 unspecified atom stereocenters. The molecule has 2 rings (SSSR count). The normalized spacial score (nSPS) is 16.8. The van der Waals surface area contributed by atoms with Crippen molar-refractivity contribution in [1.29, 1.82) is 0 Å². The number of hydrogen-bond acceptors (Lipinski definition) is 2. The fraction of sp³-hybridized carbons (Fsp3) is 0.556. The zero-order chi connectivity index (χ0) is 15.9. The second kappa shape index (κ2) is 7.97. The Morgan fingerprint density at radius 2 is 1.82 bits per heavy atom. The molecule has 0 spiro atoms. The third-order valence-electron chi connectivity index (χ3n) is 4.41. The monoisotopic (exact) mass is 302 g/mol. The maximum absolute atomic E-state index is 12.3. The summed E-state index contributed by atoms with van der Waals surface area (Å²) in [7, 11) is 1.89. The lowest BCUT2D eigenvalue weighted by molar-refractivity contribution is -0.132. The lowest BCUT2D eigenvalue weighted by Gasteiger charge is -2.32. The molecule has 1 saturated carbocycles. The van der Waals surface area contributed by atoms with Crippen molar-refractivity contribution in [3.8, 4) is 0 Å². The van der Waals surface area contributed by atoms with Gasteiger partial charge in [0.1, 0.15) is 0 Å². The molecular weight excluding hydrogens is 276 g/mol. The molecule has 1 atom stereocenters. The Morgan fingerprint density at radius 3 is 2.45 bits per heavy atom. The minimum atomic E-state index is -0.161. The molecule has 0 aliphatic heterocycles. The van der Waals surface area contributed by atoms with Crippen LogP contribution in [0.3, 0.4) is 0 Å². The first-order valence-electron chi connectivity index (χ1n) is 8.19. The van der Waals surface area contributed by atoms with E-state index >= 15 is 0 Å². The van der Waals surface area contributed by atoms with Gasteiger partial charge >= 0.3 is 0 Å². The van der Waals surface area contributed by atoms with Crippen LogP contribution >= 0.6 is 0 Å². The predicted molar refractivity (Wildman–Crippen MR) is 87.6 cm³/mol. The lowest BCUT2D eigenvalue weighted by atomic mass is 9.94. The first kappa shape index (κ1) is 16.5. The van der Waals surface area contributed by atoms with E-state index < -0.39 is 0 Å². The molecule has 1 aliphatic rings. The van der Waals surface area contributed by atoms with E-state index in [2.05, 4.69) is 5.32 Å². The highest BCUT2D eigenvalue weighted by Crippen LogP contribution is 2.22. The standard InChI is InChI=1S/C18H26N2O2/c1-14(19-18(22)15-9-5-3-6-10-15)13-17(21)20(2)16-11-7-4-8-12-16/h3,5-6,9-10,14,16H,4,7-8,11-13H2,1-2H3,(H,19,22)/t14-/m1/s1. The molecule has 0 aromatic heterocycles. The molecule has 1 aromatic rings. The summed E-state index contributed by atoms with van der Waals surface area (Å²) in [6, 6.07) is 9.31. The topological polar surface area (TPSA) is 49.4 Å². The number of benzene rings is 1. The molecular formula is C18H26N2O2. The zero-order valence-electron chi connectivity index (χ0n) is 13.5. The van der Waals surface area contributed by atoms with Crippen LogP contribution in [0.5, 0.6) is 0 Å². The summed E-state index contributed by atoms with van der Waals surface area (Å²) in [6.45, 7) is 1.88. The first-order chi connectivity index (χ1) is 10.6. The number of nitrogens with zero attached hydrogens (tertiary/aromatic N) is 1. The lowest BCUT2D eigenvalue weighted by Crippen LogP contribution is -2.42. The summed E-state index contributed by atoms with van der Waals surface area (Å²) in [4.78, 5) is 26.3. The van der Waals surface area contributed by atoms with Crippen LogP contribution < -0.4 is 5.32 Å². The summed E-state index contributed by atoms with van der Waals surface area (Å²) in [6.07, 6.45) is 6.26. The van der Waals surface area contributed by atoms with Crippen LogP contribution in [0.2, 0.25) is 0 Å². The van der Waals surface area contributed by atoms with Gasteiger partial charge in [0.05, 0.1) is 0 Å². The van der Waals surface area contributed by atoms with Crippen LogP contribution in [0, 0.1) is 0 Å². The van der Waals surface area contributed by atoms with Crippen LogP contribution in [0.25, 0.3) is 0 Å². The van der Waals surface area contributed by atoms with Crippen molar-refractivity contribution in [1.82, 2.24) is 10.2 Å². The van der Waals surface area contributed by atoms with Gasteiger partial charge in [0.25, 0.3) is 5.91 Å². The number of carbonyl (C=O) groups excluding carboxylic acids is 2. The largest absolute Gasteiger partial charge is 0.349 e. The third kappa shape index (κ3) is 4.58. The molecule has 0 radical (unpaired) electrons. The molecule has 120 valence electrons. The molecule has 1 aromatic carbocycles. The number of carbonyl (C=O) groups is 2. The maximum atomic E-state index is 12.3.